The molecule has 2 nitrogen and oxygen atoms in total. The monoisotopic (exact) mass is 205 g/mol. The number of thioether (sulfide) groups is 1. The van der Waals surface area contributed by atoms with Gasteiger partial charge >= 0.3 is 0 Å². The molecular formula is C10H23NOS. The number of amides is 1. The van der Waals surface area contributed by atoms with Gasteiger partial charge in [0.2, 0.25) is 6.41 Å². The summed E-state index contributed by atoms with van der Waals surface area (Å²) in [7, 11) is 0. The molecule has 1 atom stereocenters. The Kier molecular flexibility index (Phi) is 16.9. The van der Waals surface area contributed by atoms with Crippen molar-refractivity contribution in [2.75, 3.05) is 18.1 Å². The van der Waals surface area contributed by atoms with E-state index in [4.69, 9.17) is 0 Å². The highest BCUT2D eigenvalue weighted by atomic mass is 32.2. The van der Waals surface area contributed by atoms with Crippen LogP contribution in [0.5, 0.6) is 0 Å². The maximum Gasteiger partial charge on any atom is 0.207 e. The van der Waals surface area contributed by atoms with Crippen molar-refractivity contribution in [1.29, 1.82) is 0 Å². The molecule has 0 aromatic carbocycles. The first-order chi connectivity index (χ1) is 6.43. The van der Waals surface area contributed by atoms with E-state index in [1.165, 1.54) is 17.9 Å². The zero-order valence-electron chi connectivity index (χ0n) is 9.30. The van der Waals surface area contributed by atoms with Crippen LogP contribution in [-0.4, -0.2) is 24.5 Å². The third-order valence-electron chi connectivity index (χ3n) is 1.51. The summed E-state index contributed by atoms with van der Waals surface area (Å²) in [6.07, 6.45) is 2.05. The Bertz CT molecular complexity index is 92.9. The number of hydrogen-bond acceptors (Lipinski definition) is 2. The Balaban J connectivity index is 0. The molecule has 0 spiro atoms. The lowest BCUT2D eigenvalue weighted by Gasteiger charge is -2.04. The standard InChI is InChI=1S/C6H11NOS.2C2H6/c8-5-7-3-6-1-2-9-4-6;2*1-2/h5-6H,1-4H2,(H,7,8);2*1-2H3. The van der Waals surface area contributed by atoms with Crippen LogP contribution < -0.4 is 5.32 Å². The molecule has 1 aliphatic rings. The normalized spacial score (nSPS) is 18.9. The van der Waals surface area contributed by atoms with Crippen LogP contribution in [0.2, 0.25) is 0 Å². The number of carbonyl (C=O) groups is 1. The molecule has 0 radical (unpaired) electrons. The van der Waals surface area contributed by atoms with Gasteiger partial charge in [0.25, 0.3) is 0 Å². The first-order valence-corrected chi connectivity index (χ1v) is 6.33. The van der Waals surface area contributed by atoms with Crippen LogP contribution >= 0.6 is 11.8 Å². The zero-order chi connectivity index (χ0) is 10.5. The number of rotatable bonds is 3. The summed E-state index contributed by atoms with van der Waals surface area (Å²) in [5.41, 5.74) is 0. The van der Waals surface area contributed by atoms with Crippen molar-refractivity contribution >= 4 is 18.2 Å². The smallest absolute Gasteiger partial charge is 0.207 e. The maximum atomic E-state index is 9.84. The molecule has 3 heteroatoms. The Labute approximate surface area is 86.9 Å². The SMILES string of the molecule is CC.CC.O=CNCC1CCSC1. The third kappa shape index (κ3) is 9.74. The second kappa shape index (κ2) is 14.3. The van der Waals surface area contributed by atoms with Crippen LogP contribution in [0.25, 0.3) is 0 Å². The fourth-order valence-electron chi connectivity index (χ4n) is 0.959. The number of nitrogens with one attached hydrogen (secondary N) is 1. The maximum absolute atomic E-state index is 9.84. The summed E-state index contributed by atoms with van der Waals surface area (Å²) in [5.74, 6) is 3.23. The molecule has 1 rings (SSSR count). The quantitative estimate of drug-likeness (QED) is 0.717. The molecule has 1 N–H and O–H groups in total. The van der Waals surface area contributed by atoms with Gasteiger partial charge in [-0.25, -0.2) is 0 Å². The molecule has 0 aliphatic carbocycles. The molecule has 13 heavy (non-hydrogen) atoms. The van der Waals surface area contributed by atoms with Crippen LogP contribution in [0.4, 0.5) is 0 Å². The summed E-state index contributed by atoms with van der Waals surface area (Å²) in [5, 5.41) is 2.70. The fraction of sp³-hybridized carbons (Fsp3) is 0.900. The van der Waals surface area contributed by atoms with Crippen molar-refractivity contribution in [3.05, 3.63) is 0 Å². The van der Waals surface area contributed by atoms with E-state index in [9.17, 15) is 4.79 Å². The van der Waals surface area contributed by atoms with Gasteiger partial charge < -0.3 is 5.32 Å². The topological polar surface area (TPSA) is 29.1 Å². The highest BCUT2D eigenvalue weighted by molar-refractivity contribution is 7.99. The zero-order valence-corrected chi connectivity index (χ0v) is 10.1. The number of carbonyl (C=O) groups excluding carboxylic acids is 1. The van der Waals surface area contributed by atoms with Crippen molar-refractivity contribution < 1.29 is 4.79 Å². The summed E-state index contributed by atoms with van der Waals surface area (Å²) in [6.45, 7) is 8.87. The Morgan fingerprint density at radius 1 is 1.38 bits per heavy atom. The highest BCUT2D eigenvalue weighted by Gasteiger charge is 2.13. The van der Waals surface area contributed by atoms with Crippen LogP contribution in [-0.2, 0) is 4.79 Å². The second-order valence-electron chi connectivity index (χ2n) is 2.26. The van der Waals surface area contributed by atoms with Gasteiger partial charge in [0.15, 0.2) is 0 Å². The Morgan fingerprint density at radius 3 is 2.38 bits per heavy atom. The minimum atomic E-state index is 0.736. The average molecular weight is 205 g/mol. The Hall–Kier alpha value is -0.180. The van der Waals surface area contributed by atoms with Crippen molar-refractivity contribution in [3.8, 4) is 0 Å². The third-order valence-corrected chi connectivity index (χ3v) is 2.75. The molecule has 1 saturated heterocycles. The molecule has 80 valence electrons. The first kappa shape index (κ1) is 15.3. The van der Waals surface area contributed by atoms with E-state index in [-0.39, 0.29) is 0 Å². The van der Waals surface area contributed by atoms with Crippen molar-refractivity contribution in [3.63, 3.8) is 0 Å². The van der Waals surface area contributed by atoms with E-state index in [0.717, 1.165) is 18.9 Å². The van der Waals surface area contributed by atoms with Gasteiger partial charge in [-0.05, 0) is 23.8 Å². The van der Waals surface area contributed by atoms with Crippen LogP contribution in [0, 0.1) is 5.92 Å². The van der Waals surface area contributed by atoms with Gasteiger partial charge in [0.05, 0.1) is 0 Å². The van der Waals surface area contributed by atoms with E-state index in [0.29, 0.717) is 0 Å². The van der Waals surface area contributed by atoms with E-state index in [2.05, 4.69) is 5.32 Å². The molecule has 0 bridgehead atoms. The fourth-order valence-corrected chi connectivity index (χ4v) is 2.24. The van der Waals surface area contributed by atoms with Crippen molar-refractivity contribution in [1.82, 2.24) is 5.32 Å². The van der Waals surface area contributed by atoms with Crippen molar-refractivity contribution in [2.24, 2.45) is 5.92 Å². The van der Waals surface area contributed by atoms with E-state index >= 15 is 0 Å². The summed E-state index contributed by atoms with van der Waals surface area (Å²) in [4.78, 5) is 9.84. The van der Waals surface area contributed by atoms with Gasteiger partial charge in [-0.1, -0.05) is 27.7 Å². The largest absolute Gasteiger partial charge is 0.358 e. The molecule has 0 saturated carbocycles. The van der Waals surface area contributed by atoms with Gasteiger partial charge in [0, 0.05) is 6.54 Å². The average Bonchev–Trinajstić information content (AvgIpc) is 2.73. The van der Waals surface area contributed by atoms with Gasteiger partial charge in [-0.3, -0.25) is 4.79 Å². The molecule has 1 amide bonds. The van der Waals surface area contributed by atoms with Crippen LogP contribution in [0.1, 0.15) is 34.1 Å². The lowest BCUT2D eigenvalue weighted by atomic mass is 10.1. The van der Waals surface area contributed by atoms with Gasteiger partial charge in [-0.2, -0.15) is 11.8 Å². The minimum absolute atomic E-state index is 0.736. The molecule has 0 aromatic rings. The molecule has 0 aromatic heterocycles. The Morgan fingerprint density at radius 2 is 2.00 bits per heavy atom. The summed E-state index contributed by atoms with van der Waals surface area (Å²) < 4.78 is 0. The summed E-state index contributed by atoms with van der Waals surface area (Å²) >= 11 is 1.98. The van der Waals surface area contributed by atoms with Crippen LogP contribution in [0.15, 0.2) is 0 Å². The van der Waals surface area contributed by atoms with E-state index in [1.807, 2.05) is 39.5 Å². The molecule has 1 unspecified atom stereocenters. The van der Waals surface area contributed by atoms with Crippen molar-refractivity contribution in [2.45, 2.75) is 34.1 Å². The minimum Gasteiger partial charge on any atom is -0.358 e. The molecular weight excluding hydrogens is 182 g/mol. The van der Waals surface area contributed by atoms with E-state index < -0.39 is 0 Å². The highest BCUT2D eigenvalue weighted by Crippen LogP contribution is 2.22. The predicted molar refractivity (Wildman–Crippen MR) is 62.2 cm³/mol. The molecule has 1 aliphatic heterocycles. The van der Waals surface area contributed by atoms with E-state index in [1.54, 1.807) is 0 Å². The van der Waals surface area contributed by atoms with Gasteiger partial charge in [-0.15, -0.1) is 0 Å². The lowest BCUT2D eigenvalue weighted by Crippen LogP contribution is -2.20. The summed E-state index contributed by atoms with van der Waals surface area (Å²) in [6, 6.07) is 0. The molecule has 1 heterocycles. The molecule has 1 fully saturated rings. The number of hydrogen-bond donors (Lipinski definition) is 1. The second-order valence-corrected chi connectivity index (χ2v) is 3.41. The lowest BCUT2D eigenvalue weighted by molar-refractivity contribution is -0.109. The predicted octanol–water partition coefficient (Wildman–Crippen LogP) is 2.54. The first-order valence-electron chi connectivity index (χ1n) is 5.18. The van der Waals surface area contributed by atoms with Crippen LogP contribution in [0.3, 0.4) is 0 Å². The van der Waals surface area contributed by atoms with Gasteiger partial charge in [0.1, 0.15) is 0 Å².